The Bertz CT molecular complexity index is 379. The molecule has 0 saturated carbocycles. The molecular formula is C12H14FNO2. The second-order valence-electron chi connectivity index (χ2n) is 3.21. The molecule has 4 heteroatoms. The number of benzene rings is 1. The fraction of sp³-hybridized carbons (Fsp3) is 0.250. The number of carbonyl (C=O) groups is 1. The molecule has 1 atom stereocenters. The lowest BCUT2D eigenvalue weighted by Crippen LogP contribution is -2.29. The number of ether oxygens (including phenoxy) is 1. The van der Waals surface area contributed by atoms with Crippen molar-refractivity contribution in [1.82, 2.24) is 5.32 Å². The van der Waals surface area contributed by atoms with E-state index in [-0.39, 0.29) is 5.82 Å². The normalized spacial score (nSPS) is 11.9. The van der Waals surface area contributed by atoms with Gasteiger partial charge in [-0.25, -0.2) is 9.18 Å². The van der Waals surface area contributed by atoms with Crippen LogP contribution in [0.1, 0.15) is 11.6 Å². The summed E-state index contributed by atoms with van der Waals surface area (Å²) in [7, 11) is 1.30. The minimum absolute atomic E-state index is 0.383. The Hall–Kier alpha value is -1.68. The molecule has 86 valence electrons. The average molecular weight is 223 g/mol. The number of hydrogen-bond acceptors (Lipinski definition) is 3. The SMILES string of the molecule is C=CCNC(C(=O)OC)c1cccc(F)c1. The predicted octanol–water partition coefficient (Wildman–Crippen LogP) is 1.82. The summed E-state index contributed by atoms with van der Waals surface area (Å²) in [5, 5.41) is 2.90. The highest BCUT2D eigenvalue weighted by Gasteiger charge is 2.20. The van der Waals surface area contributed by atoms with Gasteiger partial charge in [-0.15, -0.1) is 6.58 Å². The summed E-state index contributed by atoms with van der Waals surface area (Å²) in [6, 6.07) is 5.18. The Kier molecular flexibility index (Phi) is 4.66. The van der Waals surface area contributed by atoms with E-state index in [9.17, 15) is 9.18 Å². The lowest BCUT2D eigenvalue weighted by atomic mass is 10.1. The van der Waals surface area contributed by atoms with Gasteiger partial charge in [0.2, 0.25) is 0 Å². The van der Waals surface area contributed by atoms with Crippen LogP contribution in [0.5, 0.6) is 0 Å². The highest BCUT2D eigenvalue weighted by atomic mass is 19.1. The van der Waals surface area contributed by atoms with Crippen LogP contribution in [0.4, 0.5) is 4.39 Å². The first-order valence-electron chi connectivity index (χ1n) is 4.86. The van der Waals surface area contributed by atoms with Crippen LogP contribution in [-0.4, -0.2) is 19.6 Å². The van der Waals surface area contributed by atoms with Crippen LogP contribution in [0.15, 0.2) is 36.9 Å². The zero-order chi connectivity index (χ0) is 12.0. The van der Waals surface area contributed by atoms with Gasteiger partial charge in [-0.1, -0.05) is 18.2 Å². The fourth-order valence-corrected chi connectivity index (χ4v) is 1.34. The third kappa shape index (κ3) is 3.17. The van der Waals surface area contributed by atoms with Crippen molar-refractivity contribution in [3.8, 4) is 0 Å². The van der Waals surface area contributed by atoms with E-state index < -0.39 is 12.0 Å². The molecule has 0 radical (unpaired) electrons. The topological polar surface area (TPSA) is 38.3 Å². The van der Waals surface area contributed by atoms with E-state index in [1.807, 2.05) is 0 Å². The summed E-state index contributed by atoms with van der Waals surface area (Å²) in [6.07, 6.45) is 1.62. The van der Waals surface area contributed by atoms with Gasteiger partial charge in [-0.3, -0.25) is 5.32 Å². The Balaban J connectivity index is 2.91. The van der Waals surface area contributed by atoms with Crippen LogP contribution in [0.3, 0.4) is 0 Å². The summed E-state index contributed by atoms with van der Waals surface area (Å²) in [4.78, 5) is 11.5. The summed E-state index contributed by atoms with van der Waals surface area (Å²) in [6.45, 7) is 3.98. The Morgan fingerprint density at radius 2 is 2.44 bits per heavy atom. The van der Waals surface area contributed by atoms with Crippen molar-refractivity contribution in [3.63, 3.8) is 0 Å². The van der Waals surface area contributed by atoms with Crippen molar-refractivity contribution >= 4 is 5.97 Å². The second-order valence-corrected chi connectivity index (χ2v) is 3.21. The molecular weight excluding hydrogens is 209 g/mol. The van der Waals surface area contributed by atoms with Crippen molar-refractivity contribution in [3.05, 3.63) is 48.3 Å². The molecule has 0 amide bonds. The third-order valence-corrected chi connectivity index (χ3v) is 2.09. The maximum atomic E-state index is 13.0. The zero-order valence-corrected chi connectivity index (χ0v) is 9.07. The van der Waals surface area contributed by atoms with Crippen LogP contribution in [0.25, 0.3) is 0 Å². The Morgan fingerprint density at radius 1 is 1.69 bits per heavy atom. The van der Waals surface area contributed by atoms with Crippen molar-refractivity contribution in [2.45, 2.75) is 6.04 Å². The van der Waals surface area contributed by atoms with Crippen molar-refractivity contribution in [2.24, 2.45) is 0 Å². The first-order chi connectivity index (χ1) is 7.69. The van der Waals surface area contributed by atoms with Gasteiger partial charge in [0.25, 0.3) is 0 Å². The highest BCUT2D eigenvalue weighted by Crippen LogP contribution is 2.15. The molecule has 16 heavy (non-hydrogen) atoms. The van der Waals surface area contributed by atoms with Crippen molar-refractivity contribution in [2.75, 3.05) is 13.7 Å². The molecule has 1 rings (SSSR count). The number of carbonyl (C=O) groups excluding carboxylic acids is 1. The molecule has 1 aromatic carbocycles. The number of esters is 1. The number of nitrogens with one attached hydrogen (secondary N) is 1. The van der Waals surface area contributed by atoms with E-state index in [1.165, 1.54) is 19.2 Å². The highest BCUT2D eigenvalue weighted by molar-refractivity contribution is 5.77. The zero-order valence-electron chi connectivity index (χ0n) is 9.07. The van der Waals surface area contributed by atoms with E-state index in [2.05, 4.69) is 16.6 Å². The Labute approximate surface area is 93.9 Å². The largest absolute Gasteiger partial charge is 0.468 e. The number of rotatable bonds is 5. The molecule has 0 bridgehead atoms. The van der Waals surface area contributed by atoms with Crippen molar-refractivity contribution in [1.29, 1.82) is 0 Å². The van der Waals surface area contributed by atoms with Crippen molar-refractivity contribution < 1.29 is 13.9 Å². The van der Waals surface area contributed by atoms with Gasteiger partial charge in [0, 0.05) is 6.54 Å². The maximum absolute atomic E-state index is 13.0. The molecule has 0 aliphatic rings. The van der Waals surface area contributed by atoms with E-state index in [4.69, 9.17) is 0 Å². The minimum Gasteiger partial charge on any atom is -0.468 e. The maximum Gasteiger partial charge on any atom is 0.327 e. The van der Waals surface area contributed by atoms with E-state index >= 15 is 0 Å². The predicted molar refractivity (Wildman–Crippen MR) is 59.4 cm³/mol. The van der Waals surface area contributed by atoms with Gasteiger partial charge in [-0.2, -0.15) is 0 Å². The molecule has 0 spiro atoms. The van der Waals surface area contributed by atoms with Crippen LogP contribution in [0, 0.1) is 5.82 Å². The quantitative estimate of drug-likeness (QED) is 0.611. The van der Waals surface area contributed by atoms with E-state index in [0.717, 1.165) is 0 Å². The van der Waals surface area contributed by atoms with Gasteiger partial charge >= 0.3 is 5.97 Å². The lowest BCUT2D eigenvalue weighted by molar-refractivity contribution is -0.143. The molecule has 0 aliphatic heterocycles. The monoisotopic (exact) mass is 223 g/mol. The first kappa shape index (κ1) is 12.4. The van der Waals surface area contributed by atoms with Gasteiger partial charge in [0.05, 0.1) is 7.11 Å². The molecule has 0 aromatic heterocycles. The molecule has 3 nitrogen and oxygen atoms in total. The molecule has 0 fully saturated rings. The third-order valence-electron chi connectivity index (χ3n) is 2.09. The molecule has 0 heterocycles. The molecule has 1 aromatic rings. The summed E-state index contributed by atoms with van der Waals surface area (Å²) < 4.78 is 17.7. The molecule has 0 aliphatic carbocycles. The van der Waals surface area contributed by atoms with E-state index in [0.29, 0.717) is 12.1 Å². The summed E-state index contributed by atoms with van der Waals surface area (Å²) >= 11 is 0. The minimum atomic E-state index is -0.668. The van der Waals surface area contributed by atoms with E-state index in [1.54, 1.807) is 18.2 Å². The smallest absolute Gasteiger partial charge is 0.327 e. The second kappa shape index (κ2) is 6.02. The first-order valence-corrected chi connectivity index (χ1v) is 4.86. The number of hydrogen-bond donors (Lipinski definition) is 1. The molecule has 1 unspecified atom stereocenters. The number of methoxy groups -OCH3 is 1. The lowest BCUT2D eigenvalue weighted by Gasteiger charge is -2.15. The van der Waals surface area contributed by atoms with Gasteiger partial charge < -0.3 is 4.74 Å². The van der Waals surface area contributed by atoms with Crippen LogP contribution in [0.2, 0.25) is 0 Å². The molecule has 1 N–H and O–H groups in total. The average Bonchev–Trinajstić information content (AvgIpc) is 2.29. The van der Waals surface area contributed by atoms with Gasteiger partial charge in [-0.05, 0) is 17.7 Å². The van der Waals surface area contributed by atoms with Crippen LogP contribution in [-0.2, 0) is 9.53 Å². The van der Waals surface area contributed by atoms with Gasteiger partial charge in [0.15, 0.2) is 0 Å². The summed E-state index contributed by atoms with van der Waals surface area (Å²) in [5.41, 5.74) is 0.536. The standard InChI is InChI=1S/C12H14FNO2/c1-3-7-14-11(12(15)16-2)9-5-4-6-10(13)8-9/h3-6,8,11,14H,1,7H2,2H3. The van der Waals surface area contributed by atoms with Crippen LogP contribution >= 0.6 is 0 Å². The summed E-state index contributed by atoms with van der Waals surface area (Å²) in [5.74, 6) is -0.834. The Morgan fingerprint density at radius 3 is 3.00 bits per heavy atom. The molecule has 0 saturated heterocycles. The fourth-order valence-electron chi connectivity index (χ4n) is 1.34. The number of halogens is 1. The van der Waals surface area contributed by atoms with Gasteiger partial charge in [0.1, 0.15) is 11.9 Å². The van der Waals surface area contributed by atoms with Crippen LogP contribution < -0.4 is 5.32 Å².